The summed E-state index contributed by atoms with van der Waals surface area (Å²) in [6.07, 6.45) is 86.1. The van der Waals surface area contributed by atoms with E-state index in [1.165, 1.54) is 64.2 Å². The molecule has 0 aliphatic carbocycles. The van der Waals surface area contributed by atoms with Gasteiger partial charge in [0.1, 0.15) is 13.2 Å². The molecule has 0 bridgehead atoms. The predicted molar refractivity (Wildman–Crippen MR) is 320 cm³/mol. The summed E-state index contributed by atoms with van der Waals surface area (Å²) in [6.45, 7) is 6.42. The average molecular weight is 1020 g/mol. The fraction of sp³-hybridized carbons (Fsp3) is 0.632. The Morgan fingerprint density at radius 2 is 0.554 bits per heavy atom. The van der Waals surface area contributed by atoms with Crippen molar-refractivity contribution in [1.82, 2.24) is 0 Å². The molecule has 0 aliphatic heterocycles. The Morgan fingerprint density at radius 1 is 0.284 bits per heavy atom. The number of unbranched alkanes of at least 4 members (excludes halogenated alkanes) is 20. The zero-order valence-electron chi connectivity index (χ0n) is 47.8. The van der Waals surface area contributed by atoms with E-state index in [0.29, 0.717) is 19.3 Å². The highest BCUT2D eigenvalue weighted by Gasteiger charge is 2.19. The maximum absolute atomic E-state index is 12.8. The molecule has 0 aromatic rings. The van der Waals surface area contributed by atoms with Gasteiger partial charge in [0, 0.05) is 19.3 Å². The number of hydrogen-bond acceptors (Lipinski definition) is 6. The molecule has 0 rings (SSSR count). The molecule has 0 spiro atoms. The lowest BCUT2D eigenvalue weighted by Gasteiger charge is -2.18. The molecule has 0 aromatic carbocycles. The number of carbonyl (C=O) groups excluding carboxylic acids is 3. The Kier molecular flexibility index (Phi) is 57.4. The highest BCUT2D eigenvalue weighted by atomic mass is 16.6. The monoisotopic (exact) mass is 1020 g/mol. The van der Waals surface area contributed by atoms with E-state index in [2.05, 4.69) is 154 Å². The molecule has 0 N–H and O–H groups in total. The van der Waals surface area contributed by atoms with E-state index in [-0.39, 0.29) is 31.1 Å². The van der Waals surface area contributed by atoms with Crippen molar-refractivity contribution in [3.8, 4) is 0 Å². The third-order valence-electron chi connectivity index (χ3n) is 12.4. The molecule has 1 atom stereocenters. The van der Waals surface area contributed by atoms with Gasteiger partial charge in [-0.15, -0.1) is 0 Å². The number of carbonyl (C=O) groups is 3. The molecule has 74 heavy (non-hydrogen) atoms. The molecule has 418 valence electrons. The molecule has 0 fully saturated rings. The highest BCUT2D eigenvalue weighted by Crippen LogP contribution is 2.14. The van der Waals surface area contributed by atoms with Crippen LogP contribution in [0.1, 0.15) is 258 Å². The van der Waals surface area contributed by atoms with Crippen molar-refractivity contribution in [3.63, 3.8) is 0 Å². The van der Waals surface area contributed by atoms with Crippen LogP contribution in [0.25, 0.3) is 0 Å². The first-order valence-corrected chi connectivity index (χ1v) is 30.2. The van der Waals surface area contributed by atoms with Crippen LogP contribution in [-0.4, -0.2) is 37.2 Å². The SMILES string of the molecule is CC/C=C\C/C=C\C/C=C\C/C=C\C/C=C\C/C=C\C/C=C\C/C=C\C/C=C\C/C=C\CCCCCCC(=O)OCC(COC(=O)CCCCCCC/C=C\CCC)OC(=O)CCCCCCCCCCCCC. The van der Waals surface area contributed by atoms with Gasteiger partial charge in [0.25, 0.3) is 0 Å². The van der Waals surface area contributed by atoms with Crippen LogP contribution < -0.4 is 0 Å². The van der Waals surface area contributed by atoms with Crippen molar-refractivity contribution < 1.29 is 28.6 Å². The summed E-state index contributed by atoms with van der Waals surface area (Å²) in [5, 5.41) is 0. The van der Waals surface area contributed by atoms with Crippen molar-refractivity contribution in [1.29, 1.82) is 0 Å². The van der Waals surface area contributed by atoms with Crippen molar-refractivity contribution in [2.75, 3.05) is 13.2 Å². The van der Waals surface area contributed by atoms with Gasteiger partial charge in [-0.25, -0.2) is 0 Å². The van der Waals surface area contributed by atoms with Gasteiger partial charge < -0.3 is 14.2 Å². The van der Waals surface area contributed by atoms with Crippen LogP contribution in [0, 0.1) is 0 Å². The third-order valence-corrected chi connectivity index (χ3v) is 12.4. The Labute approximate surface area is 455 Å². The maximum atomic E-state index is 12.8. The Bertz CT molecular complexity index is 1600. The zero-order chi connectivity index (χ0) is 53.6. The number of allylic oxidation sites excluding steroid dienone is 22. The van der Waals surface area contributed by atoms with Gasteiger partial charge in [0.2, 0.25) is 0 Å². The Morgan fingerprint density at radius 3 is 0.892 bits per heavy atom. The molecule has 0 aliphatic rings. The van der Waals surface area contributed by atoms with Crippen molar-refractivity contribution in [2.24, 2.45) is 0 Å². The first kappa shape index (κ1) is 69.5. The molecule has 0 radical (unpaired) electrons. The molecular weight excluding hydrogens is 913 g/mol. The van der Waals surface area contributed by atoms with Crippen LogP contribution in [-0.2, 0) is 28.6 Å². The van der Waals surface area contributed by atoms with Gasteiger partial charge in [-0.2, -0.15) is 0 Å². The second kappa shape index (κ2) is 61.1. The van der Waals surface area contributed by atoms with Gasteiger partial charge in [-0.3, -0.25) is 14.4 Å². The zero-order valence-corrected chi connectivity index (χ0v) is 47.8. The topological polar surface area (TPSA) is 78.9 Å². The van der Waals surface area contributed by atoms with E-state index in [1.807, 2.05) is 0 Å². The lowest BCUT2D eigenvalue weighted by atomic mass is 10.1. The molecule has 0 saturated heterocycles. The van der Waals surface area contributed by atoms with Crippen LogP contribution in [0.4, 0.5) is 0 Å². The quantitative estimate of drug-likeness (QED) is 0.0261. The lowest BCUT2D eigenvalue weighted by molar-refractivity contribution is -0.167. The van der Waals surface area contributed by atoms with E-state index < -0.39 is 6.10 Å². The molecule has 0 heterocycles. The largest absolute Gasteiger partial charge is 0.462 e. The van der Waals surface area contributed by atoms with Crippen molar-refractivity contribution in [2.45, 2.75) is 264 Å². The van der Waals surface area contributed by atoms with Crippen molar-refractivity contribution >= 4 is 17.9 Å². The van der Waals surface area contributed by atoms with E-state index in [4.69, 9.17) is 14.2 Å². The molecule has 6 nitrogen and oxygen atoms in total. The van der Waals surface area contributed by atoms with Crippen LogP contribution in [0.2, 0.25) is 0 Å². The fourth-order valence-electron chi connectivity index (χ4n) is 7.88. The first-order valence-electron chi connectivity index (χ1n) is 30.2. The lowest BCUT2D eigenvalue weighted by Crippen LogP contribution is -2.30. The molecule has 6 heteroatoms. The molecule has 0 aromatic heterocycles. The minimum absolute atomic E-state index is 0.0916. The molecule has 0 saturated carbocycles. The average Bonchev–Trinajstić information content (AvgIpc) is 3.40. The second-order valence-electron chi connectivity index (χ2n) is 19.5. The summed E-state index contributed by atoms with van der Waals surface area (Å²) >= 11 is 0. The summed E-state index contributed by atoms with van der Waals surface area (Å²) < 4.78 is 16.8. The van der Waals surface area contributed by atoms with Gasteiger partial charge in [0.05, 0.1) is 0 Å². The molecule has 0 amide bonds. The normalized spacial score (nSPS) is 13.1. The first-order chi connectivity index (χ1) is 36.5. The maximum Gasteiger partial charge on any atom is 0.306 e. The molecular formula is C68H110O6. The summed E-state index contributed by atoms with van der Waals surface area (Å²) in [7, 11) is 0. The van der Waals surface area contributed by atoms with Crippen LogP contribution in [0.15, 0.2) is 134 Å². The van der Waals surface area contributed by atoms with Crippen LogP contribution in [0.5, 0.6) is 0 Å². The number of ether oxygens (including phenoxy) is 3. The van der Waals surface area contributed by atoms with Crippen LogP contribution >= 0.6 is 0 Å². The Balaban J connectivity index is 4.22. The number of esters is 3. The predicted octanol–water partition coefficient (Wildman–Crippen LogP) is 20.6. The van der Waals surface area contributed by atoms with Crippen molar-refractivity contribution in [3.05, 3.63) is 134 Å². The van der Waals surface area contributed by atoms with E-state index >= 15 is 0 Å². The summed E-state index contributed by atoms with van der Waals surface area (Å²) in [4.78, 5) is 38.0. The number of hydrogen-bond donors (Lipinski definition) is 0. The Hall–Kier alpha value is -4.45. The fourth-order valence-corrected chi connectivity index (χ4v) is 7.88. The summed E-state index contributed by atoms with van der Waals surface area (Å²) in [6, 6.07) is 0. The summed E-state index contributed by atoms with van der Waals surface area (Å²) in [5.41, 5.74) is 0. The second-order valence-corrected chi connectivity index (χ2v) is 19.5. The number of rotatable bonds is 53. The van der Waals surface area contributed by atoms with Crippen LogP contribution in [0.3, 0.4) is 0 Å². The standard InChI is InChI=1S/C68H110O6/c1-4-7-10-13-16-19-22-23-24-25-26-27-28-29-30-31-32-33-34-35-36-37-38-39-40-41-42-43-44-45-47-49-52-55-58-61-67(70)73-64-65(63-72-66(69)60-57-54-51-48-21-18-15-12-9-6-3)74-68(71)62-59-56-53-50-46-20-17-14-11-8-5-2/h7,10,12,15-16,19,23-24,26-27,29-30,32-33,35-36,38-39,41-42,44-45,65H,4-6,8-9,11,13-14,17-18,20-22,25,28,31,34,37,40,43,46-64H2,1-3H3/b10-7-,15-12-,19-16-,24-23-,27-26-,30-29-,33-32-,36-35-,39-38-,42-41-,45-44-. The highest BCUT2D eigenvalue weighted by molar-refractivity contribution is 5.71. The minimum Gasteiger partial charge on any atom is -0.462 e. The van der Waals surface area contributed by atoms with E-state index in [0.717, 1.165) is 154 Å². The smallest absolute Gasteiger partial charge is 0.306 e. The third kappa shape index (κ3) is 58.4. The van der Waals surface area contributed by atoms with Gasteiger partial charge in [-0.05, 0) is 116 Å². The summed E-state index contributed by atoms with van der Waals surface area (Å²) in [5.74, 6) is -0.931. The van der Waals surface area contributed by atoms with E-state index in [1.54, 1.807) is 0 Å². The van der Waals surface area contributed by atoms with E-state index in [9.17, 15) is 14.4 Å². The minimum atomic E-state index is -0.792. The molecule has 1 unspecified atom stereocenters. The van der Waals surface area contributed by atoms with Gasteiger partial charge in [-0.1, -0.05) is 257 Å². The van der Waals surface area contributed by atoms with Gasteiger partial charge in [0.15, 0.2) is 6.10 Å². The van der Waals surface area contributed by atoms with Gasteiger partial charge >= 0.3 is 17.9 Å².